The van der Waals surface area contributed by atoms with Crippen molar-refractivity contribution < 1.29 is 21.6 Å². The molecule has 0 unspecified atom stereocenters. The van der Waals surface area contributed by atoms with Gasteiger partial charge in [0.2, 0.25) is 0 Å². The van der Waals surface area contributed by atoms with Gasteiger partial charge in [-0.2, -0.15) is 13.2 Å². The SMILES string of the molecule is CC(C)c1cccc(S(=O)(=O)n2ccc3cc(C(F)(F)F)cnc32)c1. The minimum Gasteiger partial charge on any atom is -0.237 e. The maximum atomic E-state index is 12.9. The van der Waals surface area contributed by atoms with Gasteiger partial charge in [0.1, 0.15) is 0 Å². The molecule has 1 aromatic carbocycles. The normalized spacial score (nSPS) is 12.9. The Morgan fingerprint density at radius 1 is 1.12 bits per heavy atom. The minimum atomic E-state index is -4.53. The van der Waals surface area contributed by atoms with Crippen LogP contribution < -0.4 is 0 Å². The third-order valence-corrected chi connectivity index (χ3v) is 5.56. The van der Waals surface area contributed by atoms with Crippen LogP contribution in [0.1, 0.15) is 30.9 Å². The third kappa shape index (κ3) is 3.13. The number of halogens is 3. The molecule has 25 heavy (non-hydrogen) atoms. The molecule has 8 heteroatoms. The van der Waals surface area contributed by atoms with E-state index in [-0.39, 0.29) is 21.8 Å². The summed E-state index contributed by atoms with van der Waals surface area (Å²) >= 11 is 0. The van der Waals surface area contributed by atoms with Crippen LogP contribution in [-0.4, -0.2) is 17.4 Å². The number of nitrogens with zero attached hydrogens (tertiary/aromatic N) is 2. The standard InChI is InChI=1S/C17H15F3N2O2S/c1-11(2)12-4-3-5-15(9-12)25(23,24)22-7-6-13-8-14(17(18,19)20)10-21-16(13)22/h3-11H,1-2H3. The van der Waals surface area contributed by atoms with Crippen molar-refractivity contribution in [1.29, 1.82) is 0 Å². The van der Waals surface area contributed by atoms with Crippen molar-refractivity contribution in [2.75, 3.05) is 0 Å². The molecule has 0 saturated carbocycles. The van der Waals surface area contributed by atoms with Gasteiger partial charge in [-0.25, -0.2) is 17.4 Å². The Morgan fingerprint density at radius 3 is 2.48 bits per heavy atom. The van der Waals surface area contributed by atoms with E-state index < -0.39 is 21.8 Å². The Kier molecular flexibility index (Phi) is 4.10. The monoisotopic (exact) mass is 368 g/mol. The predicted molar refractivity (Wildman–Crippen MR) is 87.8 cm³/mol. The van der Waals surface area contributed by atoms with Gasteiger partial charge < -0.3 is 0 Å². The summed E-state index contributed by atoms with van der Waals surface area (Å²) in [4.78, 5) is 3.79. The summed E-state index contributed by atoms with van der Waals surface area (Å²) in [6.45, 7) is 3.88. The lowest BCUT2D eigenvalue weighted by molar-refractivity contribution is -0.137. The average Bonchev–Trinajstić information content (AvgIpc) is 2.98. The molecule has 0 bridgehead atoms. The molecule has 0 aliphatic heterocycles. The summed E-state index contributed by atoms with van der Waals surface area (Å²) in [6.07, 6.45) is -2.68. The maximum absolute atomic E-state index is 12.9. The number of fused-ring (bicyclic) bond motifs is 1. The molecule has 0 N–H and O–H groups in total. The van der Waals surface area contributed by atoms with E-state index in [4.69, 9.17) is 0 Å². The van der Waals surface area contributed by atoms with Crippen molar-refractivity contribution in [3.8, 4) is 0 Å². The molecule has 0 atom stereocenters. The van der Waals surface area contributed by atoms with Crippen LogP contribution in [0.25, 0.3) is 11.0 Å². The summed E-state index contributed by atoms with van der Waals surface area (Å²) in [5.74, 6) is 0.143. The highest BCUT2D eigenvalue weighted by molar-refractivity contribution is 7.90. The van der Waals surface area contributed by atoms with Crippen molar-refractivity contribution in [1.82, 2.24) is 8.96 Å². The van der Waals surface area contributed by atoms with Crippen LogP contribution in [0.5, 0.6) is 0 Å². The summed E-state index contributed by atoms with van der Waals surface area (Å²) in [6, 6.07) is 8.68. The molecule has 0 amide bonds. The fourth-order valence-corrected chi connectivity index (χ4v) is 3.86. The van der Waals surface area contributed by atoms with E-state index >= 15 is 0 Å². The Balaban J connectivity index is 2.14. The van der Waals surface area contributed by atoms with Crippen molar-refractivity contribution in [3.63, 3.8) is 0 Å². The third-order valence-electron chi connectivity index (χ3n) is 3.90. The average molecular weight is 368 g/mol. The first-order valence-electron chi connectivity index (χ1n) is 7.50. The number of pyridine rings is 1. The van der Waals surface area contributed by atoms with Crippen molar-refractivity contribution in [2.45, 2.75) is 30.8 Å². The molecule has 0 fully saturated rings. The molecular formula is C17H15F3N2O2S. The molecule has 3 aromatic rings. The molecule has 4 nitrogen and oxygen atoms in total. The fraction of sp³-hybridized carbons (Fsp3) is 0.235. The van der Waals surface area contributed by atoms with Crippen LogP contribution in [0.2, 0.25) is 0 Å². The van der Waals surface area contributed by atoms with E-state index in [1.54, 1.807) is 12.1 Å². The highest BCUT2D eigenvalue weighted by atomic mass is 32.2. The second kappa shape index (κ2) is 5.87. The fourth-order valence-electron chi connectivity index (χ4n) is 2.50. The smallest absolute Gasteiger partial charge is 0.237 e. The number of rotatable bonds is 3. The van der Waals surface area contributed by atoms with Gasteiger partial charge in [0, 0.05) is 17.8 Å². The summed E-state index contributed by atoms with van der Waals surface area (Å²) in [5, 5.41) is 0.110. The number of hydrogen-bond acceptors (Lipinski definition) is 3. The van der Waals surface area contributed by atoms with Crippen LogP contribution in [0.3, 0.4) is 0 Å². The zero-order valence-corrected chi connectivity index (χ0v) is 14.3. The van der Waals surface area contributed by atoms with Crippen molar-refractivity contribution >= 4 is 21.1 Å². The molecule has 0 saturated heterocycles. The molecule has 2 heterocycles. The van der Waals surface area contributed by atoms with Gasteiger partial charge >= 0.3 is 6.18 Å². The van der Waals surface area contributed by atoms with Crippen LogP contribution in [-0.2, 0) is 16.2 Å². The molecule has 0 radical (unpaired) electrons. The van der Waals surface area contributed by atoms with E-state index in [0.29, 0.717) is 6.20 Å². The Hall–Kier alpha value is -2.35. The van der Waals surface area contributed by atoms with E-state index in [9.17, 15) is 21.6 Å². The van der Waals surface area contributed by atoms with Crippen molar-refractivity contribution in [2.24, 2.45) is 0 Å². The number of hydrogen-bond donors (Lipinski definition) is 0. The lowest BCUT2D eigenvalue weighted by Crippen LogP contribution is -2.13. The molecular weight excluding hydrogens is 353 g/mol. The topological polar surface area (TPSA) is 52.0 Å². The first-order chi connectivity index (χ1) is 11.6. The second-order valence-corrected chi connectivity index (χ2v) is 7.79. The van der Waals surface area contributed by atoms with Gasteiger partial charge in [-0.3, -0.25) is 0 Å². The van der Waals surface area contributed by atoms with E-state index in [2.05, 4.69) is 4.98 Å². The van der Waals surface area contributed by atoms with E-state index in [0.717, 1.165) is 15.6 Å². The second-order valence-electron chi connectivity index (χ2n) is 5.98. The lowest BCUT2D eigenvalue weighted by Gasteiger charge is -2.11. The van der Waals surface area contributed by atoms with Gasteiger partial charge in [0.05, 0.1) is 10.5 Å². The van der Waals surface area contributed by atoms with Crippen LogP contribution >= 0.6 is 0 Å². The highest BCUT2D eigenvalue weighted by Crippen LogP contribution is 2.31. The quantitative estimate of drug-likeness (QED) is 0.688. The van der Waals surface area contributed by atoms with Crippen LogP contribution in [0, 0.1) is 0 Å². The van der Waals surface area contributed by atoms with Crippen LogP contribution in [0.15, 0.2) is 53.7 Å². The molecule has 3 rings (SSSR count). The maximum Gasteiger partial charge on any atom is 0.417 e. The minimum absolute atomic E-state index is 0.0389. The molecule has 0 aliphatic carbocycles. The van der Waals surface area contributed by atoms with E-state index in [1.807, 2.05) is 19.9 Å². The molecule has 0 spiro atoms. The number of benzene rings is 1. The lowest BCUT2D eigenvalue weighted by atomic mass is 10.0. The van der Waals surface area contributed by atoms with Crippen LogP contribution in [0.4, 0.5) is 13.2 Å². The van der Waals surface area contributed by atoms with E-state index in [1.165, 1.54) is 18.3 Å². The Labute approximate surface area is 143 Å². The summed E-state index contributed by atoms with van der Waals surface area (Å²) in [5.41, 5.74) is -0.107. The number of aromatic nitrogens is 2. The Morgan fingerprint density at radius 2 is 1.84 bits per heavy atom. The largest absolute Gasteiger partial charge is 0.417 e. The zero-order chi connectivity index (χ0) is 18.4. The molecule has 2 aromatic heterocycles. The van der Waals surface area contributed by atoms with Crippen molar-refractivity contribution in [3.05, 3.63) is 59.9 Å². The van der Waals surface area contributed by atoms with Gasteiger partial charge in [-0.1, -0.05) is 26.0 Å². The highest BCUT2D eigenvalue weighted by Gasteiger charge is 2.31. The molecule has 0 aliphatic rings. The molecule has 132 valence electrons. The number of alkyl halides is 3. The summed E-state index contributed by atoms with van der Waals surface area (Å²) in [7, 11) is -3.95. The first-order valence-corrected chi connectivity index (χ1v) is 8.94. The van der Waals surface area contributed by atoms with Gasteiger partial charge in [-0.05, 0) is 35.7 Å². The zero-order valence-electron chi connectivity index (χ0n) is 13.4. The van der Waals surface area contributed by atoms with Gasteiger partial charge in [0.25, 0.3) is 10.0 Å². The summed E-state index contributed by atoms with van der Waals surface area (Å²) < 4.78 is 65.0. The van der Waals surface area contributed by atoms with Gasteiger partial charge in [-0.15, -0.1) is 0 Å². The predicted octanol–water partition coefficient (Wildman–Crippen LogP) is 4.42. The first kappa shape index (κ1) is 17.5. The Bertz CT molecular complexity index is 1040. The van der Waals surface area contributed by atoms with Gasteiger partial charge in [0.15, 0.2) is 5.65 Å².